The van der Waals surface area contributed by atoms with E-state index in [-0.39, 0.29) is 11.9 Å². The summed E-state index contributed by atoms with van der Waals surface area (Å²) < 4.78 is 12.7. The summed E-state index contributed by atoms with van der Waals surface area (Å²) in [4.78, 5) is 12.8. The van der Waals surface area contributed by atoms with Crippen molar-refractivity contribution in [3.8, 4) is 16.9 Å². The molecule has 1 heterocycles. The average molecular weight is 496 g/mol. The fraction of sp³-hybridized carbons (Fsp3) is 0.370. The summed E-state index contributed by atoms with van der Waals surface area (Å²) >= 11 is 3.55. The van der Waals surface area contributed by atoms with Crippen molar-refractivity contribution in [3.63, 3.8) is 0 Å². The summed E-state index contributed by atoms with van der Waals surface area (Å²) in [7, 11) is 1.66. The number of allylic oxidation sites excluding steroid dienone is 1. The minimum absolute atomic E-state index is 0.0412. The molecule has 168 valence electrons. The highest BCUT2D eigenvalue weighted by Gasteiger charge is 2.23. The first kappa shape index (κ1) is 22.7. The van der Waals surface area contributed by atoms with Crippen LogP contribution in [0.4, 0.5) is 0 Å². The van der Waals surface area contributed by atoms with Gasteiger partial charge in [0.15, 0.2) is 0 Å². The van der Waals surface area contributed by atoms with E-state index in [2.05, 4.69) is 46.4 Å². The van der Waals surface area contributed by atoms with Crippen LogP contribution in [0, 0.1) is 12.8 Å². The molecule has 4 nitrogen and oxygen atoms in total. The Hall–Kier alpha value is -2.53. The number of carbonyl (C=O) groups excluding carboxylic acids is 1. The first-order valence-electron chi connectivity index (χ1n) is 11.2. The lowest BCUT2D eigenvalue weighted by Crippen LogP contribution is -2.40. The molecular weight excluding hydrogens is 466 g/mol. The number of benzene rings is 2. The summed E-state index contributed by atoms with van der Waals surface area (Å²) in [6, 6.07) is 10.5. The third kappa shape index (κ3) is 4.49. The van der Waals surface area contributed by atoms with Crippen LogP contribution in [0.2, 0.25) is 0 Å². The molecule has 1 amide bonds. The summed E-state index contributed by atoms with van der Waals surface area (Å²) in [5.74, 6) is 1.22. The van der Waals surface area contributed by atoms with Gasteiger partial charge >= 0.3 is 0 Å². The van der Waals surface area contributed by atoms with Gasteiger partial charge < -0.3 is 14.5 Å². The number of rotatable bonds is 5. The molecule has 32 heavy (non-hydrogen) atoms. The standard InChI is InChI=1S/C27H30BrNO3/c1-16-8-5-6-11-24(16)29-25(30)12-17(2)21-14-22-23(19-9-7-10-20(28)13-19)15-32-27(22)18(3)26(21)31-4/h7,9-10,12-16,24H,5-6,8,11H2,1-4H3,(H,29,30)/b17-12+. The Morgan fingerprint density at radius 2 is 2.03 bits per heavy atom. The molecule has 0 bridgehead atoms. The normalized spacial score (nSPS) is 19.2. The molecule has 0 spiro atoms. The van der Waals surface area contributed by atoms with Gasteiger partial charge in [-0.15, -0.1) is 0 Å². The first-order chi connectivity index (χ1) is 15.4. The maximum absolute atomic E-state index is 12.8. The quantitative estimate of drug-likeness (QED) is 0.378. The van der Waals surface area contributed by atoms with Gasteiger partial charge in [-0.1, -0.05) is 47.8 Å². The van der Waals surface area contributed by atoms with Crippen molar-refractivity contribution in [2.24, 2.45) is 5.92 Å². The zero-order chi connectivity index (χ0) is 22.8. The smallest absolute Gasteiger partial charge is 0.244 e. The number of fused-ring (bicyclic) bond motifs is 1. The molecule has 1 aromatic heterocycles. The Morgan fingerprint density at radius 1 is 1.25 bits per heavy atom. The Kier molecular flexibility index (Phi) is 6.75. The maximum Gasteiger partial charge on any atom is 0.244 e. The van der Waals surface area contributed by atoms with E-state index in [0.29, 0.717) is 5.92 Å². The van der Waals surface area contributed by atoms with E-state index in [0.717, 1.165) is 55.4 Å². The minimum Gasteiger partial charge on any atom is -0.496 e. The Balaban J connectivity index is 1.73. The van der Waals surface area contributed by atoms with Crippen molar-refractivity contribution in [1.82, 2.24) is 5.32 Å². The van der Waals surface area contributed by atoms with Crippen LogP contribution in [0.25, 0.3) is 27.7 Å². The Morgan fingerprint density at radius 3 is 2.75 bits per heavy atom. The second-order valence-electron chi connectivity index (χ2n) is 8.82. The highest BCUT2D eigenvalue weighted by Crippen LogP contribution is 2.41. The Labute approximate surface area is 198 Å². The van der Waals surface area contributed by atoms with Gasteiger partial charge in [-0.2, -0.15) is 0 Å². The molecule has 2 unspecified atom stereocenters. The van der Waals surface area contributed by atoms with Crippen molar-refractivity contribution < 1.29 is 13.9 Å². The summed E-state index contributed by atoms with van der Waals surface area (Å²) in [6.07, 6.45) is 8.15. The molecule has 5 heteroatoms. The van der Waals surface area contributed by atoms with E-state index in [9.17, 15) is 4.79 Å². The largest absolute Gasteiger partial charge is 0.496 e. The van der Waals surface area contributed by atoms with Gasteiger partial charge in [0, 0.05) is 38.7 Å². The number of ether oxygens (including phenoxy) is 1. The van der Waals surface area contributed by atoms with Gasteiger partial charge in [0.1, 0.15) is 11.3 Å². The number of halogens is 1. The minimum atomic E-state index is -0.0412. The van der Waals surface area contributed by atoms with Crippen LogP contribution in [0.15, 0.2) is 51.6 Å². The van der Waals surface area contributed by atoms with E-state index in [1.54, 1.807) is 19.4 Å². The van der Waals surface area contributed by atoms with Crippen LogP contribution in [0.1, 0.15) is 50.7 Å². The lowest BCUT2D eigenvalue weighted by Gasteiger charge is -2.29. The third-order valence-electron chi connectivity index (χ3n) is 6.60. The van der Waals surface area contributed by atoms with Crippen LogP contribution in [-0.2, 0) is 4.79 Å². The number of methoxy groups -OCH3 is 1. The average Bonchev–Trinajstić information content (AvgIpc) is 3.19. The number of hydrogen-bond acceptors (Lipinski definition) is 3. The first-order valence-corrected chi connectivity index (χ1v) is 12.0. The van der Waals surface area contributed by atoms with Gasteiger partial charge in [0.25, 0.3) is 0 Å². The Bertz CT molecular complexity index is 1180. The van der Waals surface area contributed by atoms with Crippen molar-refractivity contribution in [1.29, 1.82) is 0 Å². The lowest BCUT2D eigenvalue weighted by molar-refractivity contribution is -0.117. The van der Waals surface area contributed by atoms with Crippen molar-refractivity contribution in [2.45, 2.75) is 52.5 Å². The van der Waals surface area contributed by atoms with E-state index in [1.165, 1.54) is 19.3 Å². The SMILES string of the molecule is COc1c(/C(C)=C/C(=O)NC2CCCCC2C)cc2c(-c3cccc(Br)c3)coc2c1C. The molecule has 0 radical (unpaired) electrons. The molecule has 3 aromatic rings. The lowest BCUT2D eigenvalue weighted by atomic mass is 9.86. The number of carbonyl (C=O) groups is 1. The highest BCUT2D eigenvalue weighted by molar-refractivity contribution is 9.10. The van der Waals surface area contributed by atoms with Crippen molar-refractivity contribution in [2.75, 3.05) is 7.11 Å². The van der Waals surface area contributed by atoms with Crippen LogP contribution in [0.5, 0.6) is 5.75 Å². The molecule has 1 N–H and O–H groups in total. The van der Waals surface area contributed by atoms with E-state index in [1.807, 2.05) is 26.0 Å². The van der Waals surface area contributed by atoms with Gasteiger partial charge in [0.2, 0.25) is 5.91 Å². The molecule has 2 atom stereocenters. The second kappa shape index (κ2) is 9.53. The number of amides is 1. The van der Waals surface area contributed by atoms with Gasteiger partial charge in [-0.3, -0.25) is 4.79 Å². The van der Waals surface area contributed by atoms with Crippen LogP contribution in [0.3, 0.4) is 0 Å². The monoisotopic (exact) mass is 495 g/mol. The van der Waals surface area contributed by atoms with Crippen molar-refractivity contribution >= 4 is 38.4 Å². The van der Waals surface area contributed by atoms with Crippen LogP contribution < -0.4 is 10.1 Å². The molecule has 1 fully saturated rings. The van der Waals surface area contributed by atoms with E-state index >= 15 is 0 Å². The summed E-state index contributed by atoms with van der Waals surface area (Å²) in [5.41, 5.74) is 5.58. The van der Waals surface area contributed by atoms with Crippen LogP contribution in [-0.4, -0.2) is 19.1 Å². The molecule has 1 saturated carbocycles. The topological polar surface area (TPSA) is 51.5 Å². The van der Waals surface area contributed by atoms with Gasteiger partial charge in [0.05, 0.1) is 13.4 Å². The second-order valence-corrected chi connectivity index (χ2v) is 9.74. The maximum atomic E-state index is 12.8. The number of hydrogen-bond donors (Lipinski definition) is 1. The van der Waals surface area contributed by atoms with Crippen molar-refractivity contribution in [3.05, 3.63) is 58.3 Å². The number of aryl methyl sites for hydroxylation is 1. The van der Waals surface area contributed by atoms with Gasteiger partial charge in [-0.25, -0.2) is 0 Å². The zero-order valence-corrected chi connectivity index (χ0v) is 20.7. The fourth-order valence-corrected chi connectivity index (χ4v) is 5.18. The van der Waals surface area contributed by atoms with E-state index in [4.69, 9.17) is 9.15 Å². The predicted octanol–water partition coefficient (Wildman–Crippen LogP) is 7.28. The molecule has 2 aromatic carbocycles. The summed E-state index contributed by atoms with van der Waals surface area (Å²) in [5, 5.41) is 4.22. The molecule has 4 rings (SSSR count). The van der Waals surface area contributed by atoms with E-state index < -0.39 is 0 Å². The van der Waals surface area contributed by atoms with Crippen LogP contribution >= 0.6 is 15.9 Å². The highest BCUT2D eigenvalue weighted by atomic mass is 79.9. The zero-order valence-electron chi connectivity index (χ0n) is 19.1. The van der Waals surface area contributed by atoms with Gasteiger partial charge in [-0.05, 0) is 61.9 Å². The number of nitrogens with one attached hydrogen (secondary N) is 1. The predicted molar refractivity (Wildman–Crippen MR) is 134 cm³/mol. The molecule has 0 aliphatic heterocycles. The number of furan rings is 1. The molecule has 1 aliphatic rings. The molecule has 1 aliphatic carbocycles. The third-order valence-corrected chi connectivity index (χ3v) is 7.09. The fourth-order valence-electron chi connectivity index (χ4n) is 4.78. The summed E-state index contributed by atoms with van der Waals surface area (Å²) in [6.45, 7) is 6.19. The molecule has 0 saturated heterocycles. The molecular formula is C27H30BrNO3.